The van der Waals surface area contributed by atoms with Crippen molar-refractivity contribution >= 4 is 32.9 Å². The summed E-state index contributed by atoms with van der Waals surface area (Å²) in [5.74, 6) is -0.333. The van der Waals surface area contributed by atoms with E-state index in [-0.39, 0.29) is 5.91 Å². The van der Waals surface area contributed by atoms with Gasteiger partial charge in [-0.3, -0.25) is 4.79 Å². The van der Waals surface area contributed by atoms with Crippen molar-refractivity contribution in [3.8, 4) is 0 Å². The number of primary amides is 1. The minimum atomic E-state index is -0.333. The van der Waals surface area contributed by atoms with Gasteiger partial charge in [-0.1, -0.05) is 29.8 Å². The molecule has 1 aromatic carbocycles. The number of hydrogen-bond acceptors (Lipinski definition) is 2. The topological polar surface area (TPSA) is 72.0 Å². The second kappa shape index (κ2) is 7.11. The molecule has 0 atom stereocenters. The van der Waals surface area contributed by atoms with Gasteiger partial charge in [0.05, 0.1) is 0 Å². The van der Waals surface area contributed by atoms with E-state index in [0.717, 1.165) is 15.6 Å². The molecule has 1 amide bonds. The van der Waals surface area contributed by atoms with Crippen molar-refractivity contribution in [2.24, 2.45) is 5.73 Å². The van der Waals surface area contributed by atoms with Crippen LogP contribution in [-0.2, 0) is 4.79 Å². The van der Waals surface area contributed by atoms with Gasteiger partial charge in [0.15, 0.2) is 5.58 Å². The molecule has 15 heavy (non-hydrogen) atoms. The van der Waals surface area contributed by atoms with Gasteiger partial charge in [0.1, 0.15) is 5.52 Å². The number of benzene rings is 1. The molecule has 0 spiro atoms. The molecule has 0 radical (unpaired) electrons. The van der Waals surface area contributed by atoms with Crippen LogP contribution in [0.5, 0.6) is 0 Å². The first-order valence-electron chi connectivity index (χ1n) is 4.58. The van der Waals surface area contributed by atoms with E-state index in [1.807, 2.05) is 32.0 Å². The van der Waals surface area contributed by atoms with Gasteiger partial charge in [0.2, 0.25) is 5.91 Å². The van der Waals surface area contributed by atoms with E-state index in [1.54, 1.807) is 0 Å². The molecule has 84 valence electrons. The van der Waals surface area contributed by atoms with Crippen LogP contribution in [0.2, 0.25) is 0 Å². The molecular formula is C10H15BrN2O2. The lowest BCUT2D eigenvalue weighted by Crippen LogP contribution is -2.01. The van der Waals surface area contributed by atoms with Crippen LogP contribution in [0.1, 0.15) is 20.8 Å². The number of halogens is 1. The number of nitrogens with two attached hydrogens (primary N) is 1. The highest BCUT2D eigenvalue weighted by Gasteiger charge is 1.97. The quantitative estimate of drug-likeness (QED) is 0.775. The average molecular weight is 275 g/mol. The van der Waals surface area contributed by atoms with Crippen LogP contribution in [0.25, 0.3) is 11.1 Å². The van der Waals surface area contributed by atoms with E-state index >= 15 is 0 Å². The number of carbonyl (C=O) groups is 1. The van der Waals surface area contributed by atoms with E-state index in [4.69, 9.17) is 4.52 Å². The fraction of sp³-hybridized carbons (Fsp3) is 0.300. The van der Waals surface area contributed by atoms with E-state index in [0.29, 0.717) is 0 Å². The third-order valence-corrected chi connectivity index (χ3v) is 1.71. The first kappa shape index (κ1) is 13.8. The van der Waals surface area contributed by atoms with Crippen LogP contribution in [-0.4, -0.2) is 11.1 Å². The molecule has 3 N–H and O–H groups in total. The number of nitrogens with one attached hydrogen (secondary N) is 1. The number of H-pyrrole nitrogens is 1. The summed E-state index contributed by atoms with van der Waals surface area (Å²) in [5.41, 5.74) is 6.43. The Morgan fingerprint density at radius 3 is 2.27 bits per heavy atom. The molecule has 0 aliphatic heterocycles. The molecular weight excluding hydrogens is 260 g/mol. The normalized spacial score (nSPS) is 8.53. The Hall–Kier alpha value is -1.23. The van der Waals surface area contributed by atoms with Crippen LogP contribution in [0.3, 0.4) is 0 Å². The number of fused-ring (bicyclic) bond motifs is 1. The number of aromatic nitrogens is 1. The van der Waals surface area contributed by atoms with Crippen LogP contribution in [0.15, 0.2) is 27.2 Å². The zero-order valence-electron chi connectivity index (χ0n) is 9.00. The van der Waals surface area contributed by atoms with Gasteiger partial charge in [-0.2, -0.15) is 0 Å². The van der Waals surface area contributed by atoms with Gasteiger partial charge in [-0.15, -0.1) is 0 Å². The first-order chi connectivity index (χ1) is 7.09. The molecule has 0 aliphatic rings. The maximum Gasteiger partial charge on any atom is 0.214 e. The van der Waals surface area contributed by atoms with Gasteiger partial charge < -0.3 is 10.3 Å². The molecule has 5 heteroatoms. The molecule has 4 nitrogen and oxygen atoms in total. The zero-order chi connectivity index (χ0) is 11.8. The Balaban J connectivity index is 0.000000282. The van der Waals surface area contributed by atoms with Gasteiger partial charge in [0, 0.05) is 11.4 Å². The van der Waals surface area contributed by atoms with Gasteiger partial charge >= 0.3 is 0 Å². The van der Waals surface area contributed by atoms with E-state index in [9.17, 15) is 4.79 Å². The zero-order valence-corrected chi connectivity index (χ0v) is 10.6. The number of amides is 1. The van der Waals surface area contributed by atoms with Gasteiger partial charge in [0.25, 0.3) is 0 Å². The molecule has 0 bridgehead atoms. The summed E-state index contributed by atoms with van der Waals surface area (Å²) in [7, 11) is 0. The predicted molar refractivity (Wildman–Crippen MR) is 64.5 cm³/mol. The van der Waals surface area contributed by atoms with Gasteiger partial charge in [-0.25, -0.2) is 5.16 Å². The SMILES string of the molecule is Brc1ccc2[nH]oc2c1.CC.CC(N)=O. The molecule has 0 unspecified atom stereocenters. The monoisotopic (exact) mass is 274 g/mol. The van der Waals surface area contributed by atoms with Crippen LogP contribution in [0.4, 0.5) is 0 Å². The van der Waals surface area contributed by atoms with E-state index in [1.165, 1.54) is 6.92 Å². The molecule has 0 fully saturated rings. The minimum absolute atomic E-state index is 0.333. The maximum atomic E-state index is 9.22. The van der Waals surface area contributed by atoms with Crippen molar-refractivity contribution in [2.45, 2.75) is 20.8 Å². The Labute approximate surface area is 96.9 Å². The summed E-state index contributed by atoms with van der Waals surface area (Å²) in [6, 6.07) is 5.85. The van der Waals surface area contributed by atoms with Crippen molar-refractivity contribution in [1.29, 1.82) is 0 Å². The molecule has 0 saturated heterocycles. The summed E-state index contributed by atoms with van der Waals surface area (Å²) >= 11 is 3.32. The standard InChI is InChI=1S/C6H4BrNO.C2H5NO.C2H6/c7-4-1-2-5-6(3-4)9-8-5;1-2(3)4;1-2/h1-3,8H;1H3,(H2,3,4);1-2H3. The highest BCUT2D eigenvalue weighted by atomic mass is 79.9. The average Bonchev–Trinajstić information content (AvgIpc) is 2.13. The smallest absolute Gasteiger partial charge is 0.214 e. The lowest BCUT2D eigenvalue weighted by Gasteiger charge is -1.98. The minimum Gasteiger partial charge on any atom is -0.380 e. The number of carbonyl (C=O) groups excluding carboxylic acids is 1. The summed E-state index contributed by atoms with van der Waals surface area (Å²) in [5, 5.41) is 2.70. The fourth-order valence-electron chi connectivity index (χ4n) is 0.729. The molecule has 2 rings (SSSR count). The van der Waals surface area contributed by atoms with Crippen molar-refractivity contribution < 1.29 is 9.32 Å². The molecule has 0 aliphatic carbocycles. The van der Waals surface area contributed by atoms with Crippen molar-refractivity contribution in [1.82, 2.24) is 5.16 Å². The highest BCUT2D eigenvalue weighted by molar-refractivity contribution is 9.10. The third-order valence-electron chi connectivity index (χ3n) is 1.21. The van der Waals surface area contributed by atoms with Crippen LogP contribution >= 0.6 is 15.9 Å². The summed E-state index contributed by atoms with van der Waals surface area (Å²) < 4.78 is 5.92. The largest absolute Gasteiger partial charge is 0.380 e. The Morgan fingerprint density at radius 2 is 2.00 bits per heavy atom. The second-order valence-corrected chi connectivity index (χ2v) is 3.37. The Morgan fingerprint density at radius 1 is 1.47 bits per heavy atom. The van der Waals surface area contributed by atoms with Crippen LogP contribution in [0, 0.1) is 0 Å². The van der Waals surface area contributed by atoms with Crippen LogP contribution < -0.4 is 5.73 Å². The molecule has 0 saturated carbocycles. The van der Waals surface area contributed by atoms with E-state index < -0.39 is 0 Å². The van der Waals surface area contributed by atoms with Crippen molar-refractivity contribution in [2.75, 3.05) is 0 Å². The number of hydrogen-bond donors (Lipinski definition) is 2. The number of rotatable bonds is 0. The number of aromatic amines is 1. The van der Waals surface area contributed by atoms with E-state index in [2.05, 4.69) is 26.8 Å². The Bertz CT molecular complexity index is 402. The molecule has 1 heterocycles. The predicted octanol–water partition coefficient (Wildman–Crippen LogP) is 3.04. The summed E-state index contributed by atoms with van der Waals surface area (Å²) in [4.78, 5) is 9.22. The van der Waals surface area contributed by atoms with Crippen molar-refractivity contribution in [3.63, 3.8) is 0 Å². The second-order valence-electron chi connectivity index (χ2n) is 2.46. The fourth-order valence-corrected chi connectivity index (χ4v) is 1.07. The van der Waals surface area contributed by atoms with Gasteiger partial charge in [-0.05, 0) is 18.2 Å². The molecule has 2 aromatic rings. The highest BCUT2D eigenvalue weighted by Crippen LogP contribution is 2.18. The maximum absolute atomic E-state index is 9.22. The first-order valence-corrected chi connectivity index (χ1v) is 5.37. The third kappa shape index (κ3) is 5.27. The van der Waals surface area contributed by atoms with Crippen molar-refractivity contribution in [3.05, 3.63) is 22.7 Å². The summed E-state index contributed by atoms with van der Waals surface area (Å²) in [6.45, 7) is 5.31. The lowest BCUT2D eigenvalue weighted by molar-refractivity contribution is -0.115. The Kier molecular flexibility index (Phi) is 6.53. The summed E-state index contributed by atoms with van der Waals surface area (Å²) in [6.07, 6.45) is 0. The molecule has 1 aromatic heterocycles. The lowest BCUT2D eigenvalue weighted by atomic mass is 10.3.